The zero-order valence-electron chi connectivity index (χ0n) is 15.1. The molecule has 0 amide bonds. The molecule has 132 valence electrons. The first-order valence-corrected chi connectivity index (χ1v) is 9.41. The Labute approximate surface area is 140 Å². The highest BCUT2D eigenvalue weighted by Crippen LogP contribution is 2.58. The lowest BCUT2D eigenvalue weighted by Gasteiger charge is -2.43. The maximum absolute atomic E-state index is 11.1. The molecule has 7 atom stereocenters. The third-order valence-electron chi connectivity index (χ3n) is 7.31. The Bertz CT molecular complexity index is 481. The largest absolute Gasteiger partial charge is 0.396 e. The summed E-state index contributed by atoms with van der Waals surface area (Å²) >= 11 is 0. The first kappa shape index (κ1) is 17.4. The second kappa shape index (κ2) is 5.86. The molecule has 0 aliphatic heterocycles. The molecule has 0 saturated heterocycles. The third-order valence-corrected chi connectivity index (χ3v) is 7.31. The van der Waals surface area contributed by atoms with Gasteiger partial charge in [-0.15, -0.1) is 0 Å². The Kier molecular flexibility index (Phi) is 4.44. The van der Waals surface area contributed by atoms with Gasteiger partial charge >= 0.3 is 0 Å². The van der Waals surface area contributed by atoms with Gasteiger partial charge in [-0.25, -0.2) is 0 Å². The number of fused-ring (bicyclic) bond motifs is 2. The van der Waals surface area contributed by atoms with Crippen LogP contribution in [0, 0.1) is 35.0 Å². The highest BCUT2D eigenvalue weighted by atomic mass is 16.3. The normalized spacial score (nSPS) is 50.3. The molecule has 3 heteroatoms. The summed E-state index contributed by atoms with van der Waals surface area (Å²) in [7, 11) is 0. The van der Waals surface area contributed by atoms with E-state index < -0.39 is 11.7 Å². The van der Waals surface area contributed by atoms with Crippen LogP contribution >= 0.6 is 0 Å². The van der Waals surface area contributed by atoms with Crippen LogP contribution in [0.1, 0.15) is 59.8 Å². The van der Waals surface area contributed by atoms with Crippen molar-refractivity contribution in [3.05, 3.63) is 11.6 Å². The van der Waals surface area contributed by atoms with E-state index in [-0.39, 0.29) is 29.8 Å². The Morgan fingerprint density at radius 2 is 2.00 bits per heavy atom. The number of allylic oxidation sites excluding steroid dienone is 1. The van der Waals surface area contributed by atoms with Crippen LogP contribution in [0.5, 0.6) is 0 Å². The maximum atomic E-state index is 11.1. The predicted octanol–water partition coefficient (Wildman–Crippen LogP) is 3.14. The van der Waals surface area contributed by atoms with E-state index in [4.69, 9.17) is 0 Å². The molecule has 23 heavy (non-hydrogen) atoms. The molecular weight excluding hydrogens is 288 g/mol. The zero-order valence-corrected chi connectivity index (χ0v) is 15.1. The van der Waals surface area contributed by atoms with Gasteiger partial charge in [-0.1, -0.05) is 32.4 Å². The summed E-state index contributed by atoms with van der Waals surface area (Å²) < 4.78 is 0. The number of aliphatic hydroxyl groups is 3. The fourth-order valence-electron chi connectivity index (χ4n) is 6.09. The van der Waals surface area contributed by atoms with Crippen molar-refractivity contribution >= 4 is 0 Å². The zero-order chi connectivity index (χ0) is 17.0. The van der Waals surface area contributed by atoms with E-state index in [9.17, 15) is 15.3 Å². The predicted molar refractivity (Wildman–Crippen MR) is 91.8 cm³/mol. The number of rotatable bonds is 2. The minimum Gasteiger partial charge on any atom is -0.396 e. The Balaban J connectivity index is 2.01. The van der Waals surface area contributed by atoms with Crippen molar-refractivity contribution in [3.63, 3.8) is 0 Å². The lowest BCUT2D eigenvalue weighted by molar-refractivity contribution is -0.0709. The van der Waals surface area contributed by atoms with E-state index in [2.05, 4.69) is 26.8 Å². The topological polar surface area (TPSA) is 60.7 Å². The van der Waals surface area contributed by atoms with Gasteiger partial charge in [0, 0.05) is 12.5 Å². The Morgan fingerprint density at radius 1 is 1.30 bits per heavy atom. The molecule has 0 unspecified atom stereocenters. The van der Waals surface area contributed by atoms with Crippen LogP contribution in [0.4, 0.5) is 0 Å². The summed E-state index contributed by atoms with van der Waals surface area (Å²) in [5.41, 5.74) is 0.822. The molecule has 2 saturated carbocycles. The van der Waals surface area contributed by atoms with E-state index in [1.165, 1.54) is 18.4 Å². The van der Waals surface area contributed by atoms with Gasteiger partial charge in [-0.3, -0.25) is 0 Å². The van der Waals surface area contributed by atoms with Crippen molar-refractivity contribution < 1.29 is 15.3 Å². The number of hydrogen-bond donors (Lipinski definition) is 3. The molecular formula is C20H34O3. The number of aliphatic hydroxyl groups excluding tert-OH is 2. The molecule has 0 aromatic heterocycles. The third kappa shape index (κ3) is 2.79. The first-order valence-electron chi connectivity index (χ1n) is 9.41. The van der Waals surface area contributed by atoms with Crippen molar-refractivity contribution in [2.24, 2.45) is 35.0 Å². The maximum Gasteiger partial charge on any atom is 0.0709 e. The second-order valence-corrected chi connectivity index (χ2v) is 9.31. The standard InChI is InChI=1S/C20H34O3/c1-12(2)14-5-7-19(3)10-15-13(11-21)9-17(22)18(15)20(4,23)8-6-16(14)19/h6,12-15,17-18,21-23H,5,7-11H2,1-4H3/t13-,14+,15+,17-,18+,19+,20-/m1/s1. The van der Waals surface area contributed by atoms with Crippen molar-refractivity contribution in [3.8, 4) is 0 Å². The quantitative estimate of drug-likeness (QED) is 0.685. The summed E-state index contributed by atoms with van der Waals surface area (Å²) in [5.74, 6) is 1.46. The SMILES string of the molecule is CC(C)[C@@H]1CC[C@@]2(C)C[C@H]3[C@@H](CO)C[C@@H](O)[C@H]3[C@](C)(O)CC=C12. The van der Waals surface area contributed by atoms with Gasteiger partial charge < -0.3 is 15.3 Å². The van der Waals surface area contributed by atoms with Crippen molar-refractivity contribution in [1.29, 1.82) is 0 Å². The Morgan fingerprint density at radius 3 is 2.61 bits per heavy atom. The molecule has 0 aromatic carbocycles. The van der Waals surface area contributed by atoms with Crippen molar-refractivity contribution in [2.45, 2.75) is 71.5 Å². The van der Waals surface area contributed by atoms with Crippen molar-refractivity contribution in [2.75, 3.05) is 6.61 Å². The van der Waals surface area contributed by atoms with E-state index in [0.717, 1.165) is 6.42 Å². The van der Waals surface area contributed by atoms with Gasteiger partial charge in [-0.05, 0) is 68.1 Å². The number of hydrogen-bond acceptors (Lipinski definition) is 3. The molecule has 3 rings (SSSR count). The van der Waals surface area contributed by atoms with Gasteiger partial charge in [0.2, 0.25) is 0 Å². The first-order chi connectivity index (χ1) is 10.7. The fourth-order valence-corrected chi connectivity index (χ4v) is 6.09. The summed E-state index contributed by atoms with van der Waals surface area (Å²) in [6.07, 6.45) is 6.47. The summed E-state index contributed by atoms with van der Waals surface area (Å²) in [5, 5.41) is 31.4. The summed E-state index contributed by atoms with van der Waals surface area (Å²) in [6.45, 7) is 8.97. The molecule has 0 heterocycles. The minimum absolute atomic E-state index is 0.118. The van der Waals surface area contributed by atoms with Crippen LogP contribution in [0.25, 0.3) is 0 Å². The molecule has 2 fully saturated rings. The minimum atomic E-state index is -0.882. The average Bonchev–Trinajstić information content (AvgIpc) is 2.93. The molecule has 3 N–H and O–H groups in total. The fraction of sp³-hybridized carbons (Fsp3) is 0.900. The summed E-state index contributed by atoms with van der Waals surface area (Å²) in [4.78, 5) is 0. The van der Waals surface area contributed by atoms with Crippen LogP contribution < -0.4 is 0 Å². The highest BCUT2D eigenvalue weighted by Gasteiger charge is 2.55. The lowest BCUT2D eigenvalue weighted by Crippen LogP contribution is -2.45. The van der Waals surface area contributed by atoms with E-state index in [1.54, 1.807) is 0 Å². The second-order valence-electron chi connectivity index (χ2n) is 9.31. The van der Waals surface area contributed by atoms with Gasteiger partial charge in [0.05, 0.1) is 11.7 Å². The van der Waals surface area contributed by atoms with E-state index >= 15 is 0 Å². The van der Waals surface area contributed by atoms with Crippen LogP contribution in [0.2, 0.25) is 0 Å². The van der Waals surface area contributed by atoms with Gasteiger partial charge in [0.1, 0.15) is 0 Å². The monoisotopic (exact) mass is 322 g/mol. The van der Waals surface area contributed by atoms with Gasteiger partial charge in [-0.2, -0.15) is 0 Å². The lowest BCUT2D eigenvalue weighted by atomic mass is 9.64. The molecule has 0 aromatic rings. The van der Waals surface area contributed by atoms with Crippen LogP contribution in [0.15, 0.2) is 11.6 Å². The average molecular weight is 322 g/mol. The molecule has 3 aliphatic carbocycles. The van der Waals surface area contributed by atoms with Crippen LogP contribution in [-0.2, 0) is 0 Å². The van der Waals surface area contributed by atoms with E-state index in [0.29, 0.717) is 24.7 Å². The Hall–Kier alpha value is -0.380. The smallest absolute Gasteiger partial charge is 0.0709 e. The van der Waals surface area contributed by atoms with Crippen molar-refractivity contribution in [1.82, 2.24) is 0 Å². The van der Waals surface area contributed by atoms with Crippen LogP contribution in [0.3, 0.4) is 0 Å². The molecule has 3 nitrogen and oxygen atoms in total. The molecule has 0 bridgehead atoms. The molecule has 0 radical (unpaired) electrons. The highest BCUT2D eigenvalue weighted by molar-refractivity contribution is 5.26. The summed E-state index contributed by atoms with van der Waals surface area (Å²) in [6, 6.07) is 0. The molecule has 3 aliphatic rings. The van der Waals surface area contributed by atoms with Crippen LogP contribution in [-0.4, -0.2) is 33.6 Å². The molecule has 0 spiro atoms. The van der Waals surface area contributed by atoms with Gasteiger partial charge in [0.25, 0.3) is 0 Å². The van der Waals surface area contributed by atoms with E-state index in [1.807, 2.05) is 6.92 Å². The van der Waals surface area contributed by atoms with Gasteiger partial charge in [0.15, 0.2) is 0 Å².